The Morgan fingerprint density at radius 3 is 1.22 bits per heavy atom. The van der Waals surface area contributed by atoms with Crippen LogP contribution in [0.4, 0.5) is 0 Å². The van der Waals surface area contributed by atoms with Crippen LogP contribution in [0.3, 0.4) is 0 Å². The van der Waals surface area contributed by atoms with Gasteiger partial charge in [0.05, 0.1) is 33.8 Å². The molecule has 0 aromatic carbocycles. The lowest BCUT2D eigenvalue weighted by Gasteiger charge is -2.30. The van der Waals surface area contributed by atoms with E-state index in [9.17, 15) is 19.0 Å². The number of quaternary nitrogens is 1. The highest BCUT2D eigenvalue weighted by Crippen LogP contribution is 2.38. The number of nitrogens with zero attached hydrogens (tertiary/aromatic N) is 1. The molecule has 0 aliphatic heterocycles. The van der Waals surface area contributed by atoms with E-state index in [1.165, 1.54) is 186 Å². The van der Waals surface area contributed by atoms with Crippen molar-refractivity contribution in [1.29, 1.82) is 0 Å². The van der Waals surface area contributed by atoms with E-state index in [2.05, 4.69) is 62.5 Å². The van der Waals surface area contributed by atoms with Crippen LogP contribution in [-0.2, 0) is 27.9 Å². The van der Waals surface area contributed by atoms with Crippen molar-refractivity contribution < 1.29 is 37.3 Å². The summed E-state index contributed by atoms with van der Waals surface area (Å²) in [6.07, 6.45) is 69.3. The zero-order valence-electron chi connectivity index (χ0n) is 51.0. The molecule has 0 rings (SSSR count). The third-order valence-corrected chi connectivity index (χ3v) is 15.5. The summed E-state index contributed by atoms with van der Waals surface area (Å²) in [6, 6.07) is -0.893. The number of hydrogen-bond acceptors (Lipinski definition) is 7. The van der Waals surface area contributed by atoms with E-state index in [0.29, 0.717) is 17.4 Å². The van der Waals surface area contributed by atoms with E-state index < -0.39 is 26.6 Å². The summed E-state index contributed by atoms with van der Waals surface area (Å²) in [5.74, 6) is -0.543. The van der Waals surface area contributed by atoms with Crippen LogP contribution in [-0.4, -0.2) is 69.4 Å². The molecule has 1 N–H and O–H groups in total. The number of phosphoric ester groups is 1. The smallest absolute Gasteiger partial charge is 0.306 e. The number of carbonyl (C=O) groups excluding carboxylic acids is 2. The number of likely N-dealkylation sites (N-methyl/N-ethyl adjacent to an activating group) is 1. The molecular weight excluding hydrogens is 964 g/mol. The van der Waals surface area contributed by atoms with E-state index in [-0.39, 0.29) is 24.9 Å². The number of rotatable bonds is 59. The summed E-state index contributed by atoms with van der Waals surface area (Å²) in [4.78, 5) is 40.0. The molecule has 10 heteroatoms. The third-order valence-electron chi connectivity index (χ3n) is 14.5. The Balaban J connectivity index is 5.21. The molecule has 0 aromatic heterocycles. The second kappa shape index (κ2) is 56.3. The van der Waals surface area contributed by atoms with Gasteiger partial charge in [-0.05, 0) is 70.3 Å². The first-order valence-electron chi connectivity index (χ1n) is 32.4. The summed E-state index contributed by atoms with van der Waals surface area (Å²) in [6.45, 7) is 6.84. The fourth-order valence-electron chi connectivity index (χ4n) is 9.47. The van der Waals surface area contributed by atoms with Gasteiger partial charge in [-0.15, -0.1) is 0 Å². The first kappa shape index (κ1) is 74.0. The van der Waals surface area contributed by atoms with Crippen LogP contribution in [0.1, 0.15) is 310 Å². The molecule has 0 aliphatic carbocycles. The molecule has 9 nitrogen and oxygen atoms in total. The zero-order valence-corrected chi connectivity index (χ0v) is 51.9. The number of phosphoric acid groups is 1. The van der Waals surface area contributed by atoms with Gasteiger partial charge in [-0.2, -0.15) is 0 Å². The van der Waals surface area contributed by atoms with E-state index in [0.717, 1.165) is 89.9 Å². The van der Waals surface area contributed by atoms with Gasteiger partial charge in [-0.25, -0.2) is 0 Å². The lowest BCUT2D eigenvalue weighted by molar-refractivity contribution is -0.870. The van der Waals surface area contributed by atoms with Gasteiger partial charge in [0.2, 0.25) is 5.91 Å². The van der Waals surface area contributed by atoms with Crippen LogP contribution >= 0.6 is 7.82 Å². The lowest BCUT2D eigenvalue weighted by atomic mass is 10.0. The lowest BCUT2D eigenvalue weighted by Crippen LogP contribution is -2.47. The van der Waals surface area contributed by atoms with Crippen molar-refractivity contribution >= 4 is 19.7 Å². The van der Waals surface area contributed by atoms with Gasteiger partial charge in [0, 0.05) is 12.8 Å². The van der Waals surface area contributed by atoms with Crippen LogP contribution in [0, 0.1) is 0 Å². The van der Waals surface area contributed by atoms with Crippen LogP contribution in [0.15, 0.2) is 48.6 Å². The highest BCUT2D eigenvalue weighted by atomic mass is 31.2. The van der Waals surface area contributed by atoms with E-state index in [1.54, 1.807) is 0 Å². The topological polar surface area (TPSA) is 114 Å². The number of nitrogens with one attached hydrogen (secondary N) is 1. The minimum absolute atomic E-state index is 0.0240. The first-order chi connectivity index (χ1) is 36.9. The number of carbonyl (C=O) groups is 2. The monoisotopic (exact) mass is 1090 g/mol. The number of unbranched alkanes of at least 4 members (excludes halogenated alkanes) is 37. The Morgan fingerprint density at radius 1 is 0.461 bits per heavy atom. The molecule has 0 aromatic rings. The van der Waals surface area contributed by atoms with Crippen molar-refractivity contribution in [2.75, 3.05) is 40.9 Å². The van der Waals surface area contributed by atoms with Crippen molar-refractivity contribution in [3.63, 3.8) is 0 Å². The Kier molecular flexibility index (Phi) is 54.7. The molecule has 0 radical (unpaired) electrons. The summed E-state index contributed by atoms with van der Waals surface area (Å²) in [5, 5.41) is 3.03. The van der Waals surface area contributed by atoms with E-state index in [4.69, 9.17) is 13.8 Å². The highest BCUT2D eigenvalue weighted by molar-refractivity contribution is 7.45. The number of ether oxygens (including phenoxy) is 1. The number of allylic oxidation sites excluding steroid dienone is 7. The molecule has 0 saturated carbocycles. The summed E-state index contributed by atoms with van der Waals surface area (Å²) >= 11 is 0. The van der Waals surface area contributed by atoms with Gasteiger partial charge in [-0.3, -0.25) is 14.2 Å². The Bertz CT molecular complexity index is 1440. The van der Waals surface area contributed by atoms with Crippen LogP contribution in [0.5, 0.6) is 0 Å². The Labute approximate surface area is 471 Å². The largest absolute Gasteiger partial charge is 0.756 e. The minimum atomic E-state index is -4.70. The molecule has 0 heterocycles. The normalized spacial score (nSPS) is 13.9. The average Bonchev–Trinajstić information content (AvgIpc) is 3.38. The number of amides is 1. The third kappa shape index (κ3) is 56.7. The SMILES string of the molecule is CCCCC/C=C\C/C=C\C/C=C\CCCCCCCCC(=O)NC(COP(=O)([O-])OCC[N+](C)(C)C)C(/C=C/CCCCCCCCCCCC)OC(=O)CCCCCCCCCCCCCCCCCCCCC. The zero-order chi connectivity index (χ0) is 55.7. The molecule has 3 unspecified atom stereocenters. The molecule has 1 amide bonds. The maximum Gasteiger partial charge on any atom is 0.306 e. The standard InChI is InChI=1S/C66H125N2O7P/c1-7-10-13-16-19-22-25-28-30-32-34-36-38-40-43-46-49-52-55-58-65(69)67-63(62-74-76(71,72)73-61-60-68(4,5)6)64(57-54-51-48-45-42-27-24-21-18-15-12-9-3)75-66(70)59-56-53-50-47-44-41-39-37-35-33-31-29-26-23-20-17-14-11-8-2/h19,22,28,30,34,36,54,57,63-64H,7-18,20-21,23-27,29,31-33,35,37-53,55-56,58-62H2,1-6H3,(H-,67,69,71,72)/b22-19-,30-28-,36-34-,57-54+. The molecule has 0 bridgehead atoms. The fraction of sp³-hybridized carbons (Fsp3) is 0.848. The molecule has 446 valence electrons. The first-order valence-corrected chi connectivity index (χ1v) is 33.9. The van der Waals surface area contributed by atoms with Gasteiger partial charge in [-0.1, -0.05) is 275 Å². The van der Waals surface area contributed by atoms with Crippen LogP contribution in [0.2, 0.25) is 0 Å². The van der Waals surface area contributed by atoms with Gasteiger partial charge >= 0.3 is 5.97 Å². The van der Waals surface area contributed by atoms with Gasteiger partial charge in [0.15, 0.2) is 0 Å². The maximum atomic E-state index is 13.5. The Morgan fingerprint density at radius 2 is 0.803 bits per heavy atom. The van der Waals surface area contributed by atoms with Crippen molar-refractivity contribution in [3.8, 4) is 0 Å². The quantitative estimate of drug-likeness (QED) is 0.0212. The van der Waals surface area contributed by atoms with Crippen molar-refractivity contribution in [2.24, 2.45) is 0 Å². The van der Waals surface area contributed by atoms with Crippen LogP contribution in [0.25, 0.3) is 0 Å². The molecule has 0 saturated heterocycles. The summed E-state index contributed by atoms with van der Waals surface area (Å²) < 4.78 is 30.4. The number of esters is 1. The maximum absolute atomic E-state index is 13.5. The van der Waals surface area contributed by atoms with Gasteiger partial charge < -0.3 is 28.5 Å². The average molecular weight is 1090 g/mol. The van der Waals surface area contributed by atoms with Gasteiger partial charge in [0.25, 0.3) is 7.82 Å². The molecule has 0 aliphatic rings. The number of hydrogen-bond donors (Lipinski definition) is 1. The van der Waals surface area contributed by atoms with Crippen LogP contribution < -0.4 is 10.2 Å². The second-order valence-corrected chi connectivity index (χ2v) is 24.7. The molecule has 3 atom stereocenters. The highest BCUT2D eigenvalue weighted by Gasteiger charge is 2.27. The summed E-state index contributed by atoms with van der Waals surface area (Å²) in [7, 11) is 1.18. The molecule has 0 spiro atoms. The predicted octanol–water partition coefficient (Wildman–Crippen LogP) is 19.4. The predicted molar refractivity (Wildman–Crippen MR) is 326 cm³/mol. The molecule has 76 heavy (non-hydrogen) atoms. The second-order valence-electron chi connectivity index (χ2n) is 23.3. The van der Waals surface area contributed by atoms with Gasteiger partial charge in [0.1, 0.15) is 19.3 Å². The summed E-state index contributed by atoms with van der Waals surface area (Å²) in [5.41, 5.74) is 0. The minimum Gasteiger partial charge on any atom is -0.756 e. The van der Waals surface area contributed by atoms with E-state index >= 15 is 0 Å². The molecular formula is C66H125N2O7P. The fourth-order valence-corrected chi connectivity index (χ4v) is 10.2. The Hall–Kier alpha value is -2.03. The van der Waals surface area contributed by atoms with E-state index in [1.807, 2.05) is 33.3 Å². The van der Waals surface area contributed by atoms with Crippen molar-refractivity contribution in [3.05, 3.63) is 48.6 Å². The molecule has 0 fully saturated rings. The van der Waals surface area contributed by atoms with Crippen molar-refractivity contribution in [1.82, 2.24) is 5.32 Å². The van der Waals surface area contributed by atoms with Crippen molar-refractivity contribution in [2.45, 2.75) is 322 Å².